The Labute approximate surface area is 74.0 Å². The molecule has 0 heterocycles. The number of hydrogen-bond acceptors (Lipinski definition) is 2. The first-order valence-corrected chi connectivity index (χ1v) is 4.38. The van der Waals surface area contributed by atoms with Crippen molar-refractivity contribution in [3.8, 4) is 0 Å². The Morgan fingerprint density at radius 1 is 1.33 bits per heavy atom. The van der Waals surface area contributed by atoms with Crippen LogP contribution in [0, 0.1) is 10.8 Å². The van der Waals surface area contributed by atoms with Crippen molar-refractivity contribution in [1.29, 1.82) is 0 Å². The minimum Gasteiger partial charge on any atom is -0.381 e. The fourth-order valence-electron chi connectivity index (χ4n) is 1.86. The zero-order valence-corrected chi connectivity index (χ0v) is 8.56. The van der Waals surface area contributed by atoms with Crippen molar-refractivity contribution in [1.82, 2.24) is 0 Å². The molecule has 1 aliphatic rings. The molecular formula is C10H18O2. The van der Waals surface area contributed by atoms with Crippen molar-refractivity contribution >= 4 is 5.78 Å². The maximum Gasteiger partial charge on any atom is 0.170 e. The summed E-state index contributed by atoms with van der Waals surface area (Å²) < 4.78 is 0. The highest BCUT2D eigenvalue weighted by Gasteiger charge is 2.62. The van der Waals surface area contributed by atoms with E-state index in [0.717, 1.165) is 0 Å². The number of Topliss-reactive ketones (excluding diaryl/α,β-unsaturated/α-hetero) is 1. The minimum absolute atomic E-state index is 0.0116. The van der Waals surface area contributed by atoms with Crippen LogP contribution in [-0.2, 0) is 4.79 Å². The van der Waals surface area contributed by atoms with Gasteiger partial charge in [0.25, 0.3) is 0 Å². The molecule has 1 rings (SSSR count). The summed E-state index contributed by atoms with van der Waals surface area (Å²) in [6.45, 7) is 9.48. The summed E-state index contributed by atoms with van der Waals surface area (Å²) in [4.78, 5) is 11.6. The second-order valence-corrected chi connectivity index (χ2v) is 5.50. The Morgan fingerprint density at radius 3 is 1.83 bits per heavy atom. The van der Waals surface area contributed by atoms with Crippen molar-refractivity contribution in [3.05, 3.63) is 0 Å². The van der Waals surface area contributed by atoms with E-state index < -0.39 is 5.60 Å². The maximum absolute atomic E-state index is 11.6. The quantitative estimate of drug-likeness (QED) is 0.601. The first-order chi connectivity index (χ1) is 5.11. The van der Waals surface area contributed by atoms with Crippen LogP contribution in [0.3, 0.4) is 0 Å². The van der Waals surface area contributed by atoms with E-state index in [1.165, 1.54) is 0 Å². The van der Waals surface area contributed by atoms with E-state index in [1.807, 2.05) is 34.6 Å². The Hall–Kier alpha value is -0.370. The normalized spacial score (nSPS) is 34.7. The van der Waals surface area contributed by atoms with E-state index in [2.05, 4.69) is 0 Å². The lowest BCUT2D eigenvalue weighted by Crippen LogP contribution is -2.66. The molecule has 0 amide bonds. The summed E-state index contributed by atoms with van der Waals surface area (Å²) >= 11 is 0. The highest BCUT2D eigenvalue weighted by Crippen LogP contribution is 2.52. The van der Waals surface area contributed by atoms with Crippen LogP contribution in [0.15, 0.2) is 0 Å². The highest BCUT2D eigenvalue weighted by molar-refractivity contribution is 5.98. The predicted octanol–water partition coefficient (Wildman–Crippen LogP) is 1.76. The van der Waals surface area contributed by atoms with Gasteiger partial charge >= 0.3 is 0 Å². The molecule has 0 spiro atoms. The molecule has 1 saturated carbocycles. The molecule has 1 N–H and O–H groups in total. The topological polar surface area (TPSA) is 37.3 Å². The number of carbonyl (C=O) groups is 1. The van der Waals surface area contributed by atoms with E-state index in [0.29, 0.717) is 6.42 Å². The van der Waals surface area contributed by atoms with Crippen LogP contribution in [0.5, 0.6) is 0 Å². The summed E-state index contributed by atoms with van der Waals surface area (Å²) in [7, 11) is 0. The van der Waals surface area contributed by atoms with Gasteiger partial charge in [-0.05, 0) is 11.8 Å². The third-order valence-corrected chi connectivity index (χ3v) is 2.93. The lowest BCUT2D eigenvalue weighted by atomic mass is 9.52. The summed E-state index contributed by atoms with van der Waals surface area (Å²) in [5, 5.41) is 10.0. The van der Waals surface area contributed by atoms with Crippen molar-refractivity contribution in [3.63, 3.8) is 0 Å². The monoisotopic (exact) mass is 170 g/mol. The molecule has 2 nitrogen and oxygen atoms in total. The van der Waals surface area contributed by atoms with E-state index in [-0.39, 0.29) is 16.6 Å². The molecule has 0 aromatic carbocycles. The average molecular weight is 170 g/mol. The second kappa shape index (κ2) is 2.11. The van der Waals surface area contributed by atoms with Crippen molar-refractivity contribution in [2.45, 2.75) is 46.6 Å². The number of aliphatic hydroxyl groups is 1. The molecule has 0 saturated heterocycles. The molecule has 1 unspecified atom stereocenters. The standard InChI is InChI=1S/C10H18O2/c1-8(2,3)10(12)6-9(4,5)7(10)11/h12H,6H2,1-5H3. The summed E-state index contributed by atoms with van der Waals surface area (Å²) in [5.74, 6) is -0.0116. The molecule has 70 valence electrons. The van der Waals surface area contributed by atoms with Crippen LogP contribution in [-0.4, -0.2) is 16.5 Å². The Morgan fingerprint density at radius 2 is 1.75 bits per heavy atom. The molecule has 0 bridgehead atoms. The van der Waals surface area contributed by atoms with Crippen molar-refractivity contribution in [2.75, 3.05) is 0 Å². The van der Waals surface area contributed by atoms with Gasteiger partial charge < -0.3 is 5.11 Å². The largest absolute Gasteiger partial charge is 0.381 e. The van der Waals surface area contributed by atoms with Crippen molar-refractivity contribution < 1.29 is 9.90 Å². The fraction of sp³-hybridized carbons (Fsp3) is 0.900. The van der Waals surface area contributed by atoms with Gasteiger partial charge in [0.2, 0.25) is 0 Å². The zero-order valence-electron chi connectivity index (χ0n) is 8.56. The van der Waals surface area contributed by atoms with E-state index >= 15 is 0 Å². The summed E-state index contributed by atoms with van der Waals surface area (Å²) in [6, 6.07) is 0. The highest BCUT2D eigenvalue weighted by atomic mass is 16.3. The van der Waals surface area contributed by atoms with E-state index in [9.17, 15) is 9.90 Å². The molecule has 1 aliphatic carbocycles. The molecule has 0 aromatic heterocycles. The second-order valence-electron chi connectivity index (χ2n) is 5.50. The van der Waals surface area contributed by atoms with Gasteiger partial charge in [0, 0.05) is 5.41 Å². The number of ketones is 1. The zero-order chi connectivity index (χ0) is 9.78. The molecule has 1 atom stereocenters. The lowest BCUT2D eigenvalue weighted by molar-refractivity contribution is -0.190. The fourth-order valence-corrected chi connectivity index (χ4v) is 1.86. The van der Waals surface area contributed by atoms with E-state index in [1.54, 1.807) is 0 Å². The van der Waals surface area contributed by atoms with Crippen LogP contribution < -0.4 is 0 Å². The van der Waals surface area contributed by atoms with Gasteiger partial charge in [0.15, 0.2) is 5.78 Å². The molecule has 0 aromatic rings. The lowest BCUT2D eigenvalue weighted by Gasteiger charge is -2.54. The van der Waals surface area contributed by atoms with Gasteiger partial charge in [-0.1, -0.05) is 34.6 Å². The molecule has 0 aliphatic heterocycles. The van der Waals surface area contributed by atoms with Crippen LogP contribution in [0.1, 0.15) is 41.0 Å². The molecule has 0 radical (unpaired) electrons. The minimum atomic E-state index is -1.09. The Balaban J connectivity index is 2.90. The van der Waals surface area contributed by atoms with Gasteiger partial charge in [0.1, 0.15) is 5.60 Å². The third-order valence-electron chi connectivity index (χ3n) is 2.93. The van der Waals surface area contributed by atoms with Gasteiger partial charge in [-0.2, -0.15) is 0 Å². The third kappa shape index (κ3) is 1.01. The SMILES string of the molecule is CC1(C)CC(O)(C(C)(C)C)C1=O. The van der Waals surface area contributed by atoms with Crippen molar-refractivity contribution in [2.24, 2.45) is 10.8 Å². The molecule has 1 fully saturated rings. The summed E-state index contributed by atoms with van der Waals surface area (Å²) in [6.07, 6.45) is 0.586. The maximum atomic E-state index is 11.6. The first-order valence-electron chi connectivity index (χ1n) is 4.38. The van der Waals surface area contributed by atoms with Crippen LogP contribution in [0.25, 0.3) is 0 Å². The van der Waals surface area contributed by atoms with Crippen LogP contribution >= 0.6 is 0 Å². The number of carbonyl (C=O) groups excluding carboxylic acids is 1. The first kappa shape index (κ1) is 9.72. The Kier molecular flexibility index (Phi) is 1.71. The molecular weight excluding hydrogens is 152 g/mol. The van der Waals surface area contributed by atoms with Gasteiger partial charge in [-0.15, -0.1) is 0 Å². The molecule has 12 heavy (non-hydrogen) atoms. The molecule has 2 heteroatoms. The predicted molar refractivity (Wildman–Crippen MR) is 47.8 cm³/mol. The summed E-state index contributed by atoms with van der Waals surface area (Å²) in [5.41, 5.74) is -1.74. The van der Waals surface area contributed by atoms with Crippen LogP contribution in [0.2, 0.25) is 0 Å². The number of hydrogen-bond donors (Lipinski definition) is 1. The van der Waals surface area contributed by atoms with E-state index in [4.69, 9.17) is 0 Å². The average Bonchev–Trinajstić information content (AvgIpc) is 1.83. The van der Waals surface area contributed by atoms with Gasteiger partial charge in [-0.3, -0.25) is 4.79 Å². The van der Waals surface area contributed by atoms with Gasteiger partial charge in [-0.25, -0.2) is 0 Å². The Bertz CT molecular complexity index is 222. The van der Waals surface area contributed by atoms with Crippen LogP contribution in [0.4, 0.5) is 0 Å². The van der Waals surface area contributed by atoms with Gasteiger partial charge in [0.05, 0.1) is 0 Å². The smallest absolute Gasteiger partial charge is 0.170 e. The number of rotatable bonds is 0.